The fourth-order valence-electron chi connectivity index (χ4n) is 4.77. The molecule has 0 unspecified atom stereocenters. The van der Waals surface area contributed by atoms with Gasteiger partial charge in [-0.3, -0.25) is 0 Å². The van der Waals surface area contributed by atoms with Crippen LogP contribution >= 0.6 is 0 Å². The summed E-state index contributed by atoms with van der Waals surface area (Å²) in [5.74, 6) is -0.957. The average molecular weight is 426 g/mol. The highest BCUT2D eigenvalue weighted by Gasteiger charge is 2.56. The van der Waals surface area contributed by atoms with Crippen LogP contribution in [0.25, 0.3) is 0 Å². The van der Waals surface area contributed by atoms with Gasteiger partial charge in [0.05, 0.1) is 16.8 Å². The summed E-state index contributed by atoms with van der Waals surface area (Å²) in [6.45, 7) is 3.20. The molecule has 1 atom stereocenters. The van der Waals surface area contributed by atoms with Crippen molar-refractivity contribution < 1.29 is 22.3 Å². The largest absolute Gasteiger partial charge is 0.390 e. The van der Waals surface area contributed by atoms with E-state index < -0.39 is 32.7 Å². The first kappa shape index (κ1) is 20.4. The van der Waals surface area contributed by atoms with Gasteiger partial charge in [-0.05, 0) is 51.7 Å². The predicted molar refractivity (Wildman–Crippen MR) is 101 cm³/mol. The lowest BCUT2D eigenvalue weighted by atomic mass is 9.56. The van der Waals surface area contributed by atoms with Gasteiger partial charge in [0, 0.05) is 23.7 Å². The zero-order chi connectivity index (χ0) is 21.0. The van der Waals surface area contributed by atoms with Gasteiger partial charge in [0.15, 0.2) is 0 Å². The second kappa shape index (κ2) is 6.82. The van der Waals surface area contributed by atoms with Crippen LogP contribution in [0.1, 0.15) is 56.5 Å². The number of aromatic amines is 1. The molecule has 2 fully saturated rings. The molecule has 1 saturated carbocycles. The molecule has 1 aliphatic heterocycles. The van der Waals surface area contributed by atoms with Crippen molar-refractivity contribution in [2.24, 2.45) is 0 Å². The van der Waals surface area contributed by atoms with E-state index in [2.05, 4.69) is 15.2 Å². The Morgan fingerprint density at radius 3 is 2.62 bits per heavy atom. The van der Waals surface area contributed by atoms with Crippen molar-refractivity contribution in [1.29, 1.82) is 0 Å². The van der Waals surface area contributed by atoms with E-state index in [9.17, 15) is 17.9 Å². The maximum atomic E-state index is 15.2. The Morgan fingerprint density at radius 1 is 1.31 bits per heavy atom. The van der Waals surface area contributed by atoms with E-state index in [1.807, 2.05) is 0 Å². The molecule has 10 heteroatoms. The van der Waals surface area contributed by atoms with Crippen molar-refractivity contribution in [3.05, 3.63) is 47.0 Å². The number of aromatic nitrogens is 3. The lowest BCUT2D eigenvalue weighted by Gasteiger charge is -2.50. The molecule has 7 nitrogen and oxygen atoms in total. The van der Waals surface area contributed by atoms with Gasteiger partial charge in [-0.15, -0.1) is 10.2 Å². The molecule has 1 saturated heterocycles. The number of hydrogen-bond acceptors (Lipinski definition) is 5. The molecule has 2 N–H and O–H groups in total. The SMILES string of the molecule is C[C@H]1CCCS(=O)(=O)N1Cc1cc(F)c([C@]2(c3nnc[nH]3)C[C@](C)(O)C2)cc1F. The standard InChI is InChI=1S/C19H24F2N4O3S/c1-12-4-3-5-29(27,28)25(12)8-13-6-16(21)14(7-15(13)20)19(9-18(2,26)10-19)17-22-11-23-24-17/h6-7,11-12,26H,3-5,8-10H2,1-2H3,(H,22,23,24)/t12-,18-,19-/m0/s1. The van der Waals surface area contributed by atoms with E-state index >= 15 is 4.39 Å². The van der Waals surface area contributed by atoms with E-state index in [-0.39, 0.29) is 42.3 Å². The van der Waals surface area contributed by atoms with Crippen LogP contribution in [0.5, 0.6) is 0 Å². The first-order valence-corrected chi connectivity index (χ1v) is 11.2. The van der Waals surface area contributed by atoms with Crippen LogP contribution in [0.2, 0.25) is 0 Å². The van der Waals surface area contributed by atoms with E-state index in [0.717, 1.165) is 12.1 Å². The molecule has 2 aliphatic rings. The molecular formula is C19H24F2N4O3S. The highest BCUT2D eigenvalue weighted by Crippen LogP contribution is 2.54. The Hall–Kier alpha value is -1.91. The van der Waals surface area contributed by atoms with Gasteiger partial charge in [-0.2, -0.15) is 4.31 Å². The summed E-state index contributed by atoms with van der Waals surface area (Å²) in [6, 6.07) is 1.90. The quantitative estimate of drug-likeness (QED) is 0.781. The Balaban J connectivity index is 1.71. The minimum Gasteiger partial charge on any atom is -0.390 e. The van der Waals surface area contributed by atoms with Crippen molar-refractivity contribution in [3.8, 4) is 0 Å². The second-order valence-corrected chi connectivity index (χ2v) is 10.6. The van der Waals surface area contributed by atoms with Gasteiger partial charge in [-0.25, -0.2) is 17.2 Å². The van der Waals surface area contributed by atoms with E-state index in [4.69, 9.17) is 0 Å². The number of aliphatic hydroxyl groups is 1. The molecule has 0 amide bonds. The monoisotopic (exact) mass is 426 g/mol. The van der Waals surface area contributed by atoms with Crippen molar-refractivity contribution in [3.63, 3.8) is 0 Å². The van der Waals surface area contributed by atoms with Gasteiger partial charge < -0.3 is 10.1 Å². The van der Waals surface area contributed by atoms with Gasteiger partial charge in [0.1, 0.15) is 23.8 Å². The summed E-state index contributed by atoms with van der Waals surface area (Å²) >= 11 is 0. The van der Waals surface area contributed by atoms with Gasteiger partial charge >= 0.3 is 0 Å². The summed E-state index contributed by atoms with van der Waals surface area (Å²) in [5, 5.41) is 18.0. The zero-order valence-electron chi connectivity index (χ0n) is 16.3. The minimum absolute atomic E-state index is 0.0117. The van der Waals surface area contributed by atoms with E-state index in [1.165, 1.54) is 10.6 Å². The summed E-state index contributed by atoms with van der Waals surface area (Å²) in [6.07, 6.45) is 2.95. The van der Waals surface area contributed by atoms with E-state index in [1.54, 1.807) is 13.8 Å². The Morgan fingerprint density at radius 2 is 2.03 bits per heavy atom. The van der Waals surface area contributed by atoms with Gasteiger partial charge in [0.2, 0.25) is 10.0 Å². The second-order valence-electron chi connectivity index (χ2n) is 8.55. The Labute approximate surface area is 168 Å². The van der Waals surface area contributed by atoms with Crippen LogP contribution in [-0.2, 0) is 22.0 Å². The molecule has 2 aromatic rings. The van der Waals surface area contributed by atoms with Crippen molar-refractivity contribution in [1.82, 2.24) is 19.5 Å². The molecule has 2 heterocycles. The van der Waals surface area contributed by atoms with E-state index in [0.29, 0.717) is 18.7 Å². The number of rotatable bonds is 4. The highest BCUT2D eigenvalue weighted by molar-refractivity contribution is 7.89. The average Bonchev–Trinajstić information content (AvgIpc) is 3.13. The molecule has 1 aromatic heterocycles. The molecule has 0 radical (unpaired) electrons. The molecule has 4 rings (SSSR count). The van der Waals surface area contributed by atoms with Crippen LogP contribution in [-0.4, -0.2) is 50.4 Å². The molecule has 158 valence electrons. The Kier molecular flexibility index (Phi) is 4.79. The molecule has 1 aliphatic carbocycles. The van der Waals surface area contributed by atoms with Crippen molar-refractivity contribution in [2.45, 2.75) is 63.1 Å². The highest BCUT2D eigenvalue weighted by atomic mass is 32.2. The number of halogens is 2. The first-order valence-electron chi connectivity index (χ1n) is 9.61. The molecular weight excluding hydrogens is 402 g/mol. The summed E-state index contributed by atoms with van der Waals surface area (Å²) in [5.41, 5.74) is -1.96. The number of H-pyrrole nitrogens is 1. The number of benzene rings is 1. The van der Waals surface area contributed by atoms with Crippen molar-refractivity contribution >= 4 is 10.0 Å². The lowest BCUT2D eigenvalue weighted by Crippen LogP contribution is -2.54. The zero-order valence-corrected chi connectivity index (χ0v) is 17.1. The molecule has 29 heavy (non-hydrogen) atoms. The smallest absolute Gasteiger partial charge is 0.214 e. The number of hydrogen-bond donors (Lipinski definition) is 2. The Bertz CT molecular complexity index is 1020. The maximum absolute atomic E-state index is 15.2. The van der Waals surface area contributed by atoms with Crippen LogP contribution in [0, 0.1) is 11.6 Å². The number of nitrogens with zero attached hydrogens (tertiary/aromatic N) is 3. The van der Waals surface area contributed by atoms with Crippen molar-refractivity contribution in [2.75, 3.05) is 5.75 Å². The third-order valence-corrected chi connectivity index (χ3v) is 8.09. The summed E-state index contributed by atoms with van der Waals surface area (Å²) in [4.78, 5) is 2.85. The molecule has 0 spiro atoms. The molecule has 0 bridgehead atoms. The third-order valence-electron chi connectivity index (χ3n) is 6.09. The third kappa shape index (κ3) is 3.47. The van der Waals surface area contributed by atoms with Gasteiger partial charge in [0.25, 0.3) is 0 Å². The number of nitrogens with one attached hydrogen (secondary N) is 1. The number of sulfonamides is 1. The first-order chi connectivity index (χ1) is 13.5. The topological polar surface area (TPSA) is 99.2 Å². The minimum atomic E-state index is -3.50. The summed E-state index contributed by atoms with van der Waals surface area (Å²) < 4.78 is 56.1. The predicted octanol–water partition coefficient (Wildman–Crippen LogP) is 2.23. The fraction of sp³-hybridized carbons (Fsp3) is 0.579. The van der Waals surface area contributed by atoms with Crippen LogP contribution in [0.4, 0.5) is 8.78 Å². The molecule has 1 aromatic carbocycles. The maximum Gasteiger partial charge on any atom is 0.214 e. The normalized spacial score (nSPS) is 32.1. The van der Waals surface area contributed by atoms with Crippen LogP contribution in [0.15, 0.2) is 18.5 Å². The van der Waals surface area contributed by atoms with Crippen LogP contribution < -0.4 is 0 Å². The van der Waals surface area contributed by atoms with Crippen LogP contribution in [0.3, 0.4) is 0 Å². The van der Waals surface area contributed by atoms with Gasteiger partial charge in [-0.1, -0.05) is 0 Å². The summed E-state index contributed by atoms with van der Waals surface area (Å²) in [7, 11) is -3.50. The fourth-order valence-corrected chi connectivity index (χ4v) is 6.52. The lowest BCUT2D eigenvalue weighted by molar-refractivity contribution is -0.0648.